The number of benzene rings is 1. The molecule has 0 aliphatic carbocycles. The number of hydrogen-bond acceptors (Lipinski definition) is 3. The smallest absolute Gasteiger partial charge is 0.260 e. The van der Waals surface area contributed by atoms with Crippen molar-refractivity contribution in [1.82, 2.24) is 4.90 Å². The predicted octanol–water partition coefficient (Wildman–Crippen LogP) is 1.13. The minimum Gasteiger partial charge on any atom is -0.507 e. The molecule has 1 aliphatic rings. The molecule has 1 aliphatic heterocycles. The second-order valence-electron chi connectivity index (χ2n) is 4.16. The lowest BCUT2D eigenvalue weighted by Gasteiger charge is -2.29. The van der Waals surface area contributed by atoms with E-state index in [1.807, 2.05) is 0 Å². The van der Waals surface area contributed by atoms with Crippen LogP contribution in [0, 0.1) is 5.82 Å². The fourth-order valence-corrected chi connectivity index (χ4v) is 1.95. The van der Waals surface area contributed by atoms with Crippen molar-refractivity contribution < 1.29 is 19.4 Å². The fraction of sp³-hybridized carbons (Fsp3) is 0.417. The van der Waals surface area contributed by atoms with E-state index in [9.17, 15) is 19.4 Å². The van der Waals surface area contributed by atoms with Gasteiger partial charge in [0.1, 0.15) is 17.1 Å². The summed E-state index contributed by atoms with van der Waals surface area (Å²) in [5, 5.41) is 18.8. The Balaban J connectivity index is 2.20. The third-order valence-electron chi connectivity index (χ3n) is 2.96. The van der Waals surface area contributed by atoms with Gasteiger partial charge in [0.2, 0.25) is 0 Å². The molecule has 1 aromatic rings. The van der Waals surface area contributed by atoms with Gasteiger partial charge in [0.15, 0.2) is 0 Å². The first-order valence-electron chi connectivity index (χ1n) is 5.54. The van der Waals surface area contributed by atoms with E-state index in [2.05, 4.69) is 0 Å². The molecule has 1 fully saturated rings. The van der Waals surface area contributed by atoms with Gasteiger partial charge in [-0.25, -0.2) is 4.39 Å². The third-order valence-corrected chi connectivity index (χ3v) is 2.96. The predicted molar refractivity (Wildman–Crippen MR) is 59.2 cm³/mol. The molecule has 4 nitrogen and oxygen atoms in total. The SMILES string of the molecule is O=C(c1c(O)cccc1F)N1CCC(O)CC1. The van der Waals surface area contributed by atoms with Gasteiger partial charge in [0, 0.05) is 13.1 Å². The largest absolute Gasteiger partial charge is 0.507 e. The van der Waals surface area contributed by atoms with Crippen LogP contribution in [0.25, 0.3) is 0 Å². The number of carbonyl (C=O) groups is 1. The van der Waals surface area contributed by atoms with Crippen LogP contribution < -0.4 is 0 Å². The molecule has 1 amide bonds. The van der Waals surface area contributed by atoms with Crippen LogP contribution in [0.15, 0.2) is 18.2 Å². The molecule has 1 heterocycles. The molecule has 0 radical (unpaired) electrons. The summed E-state index contributed by atoms with van der Waals surface area (Å²) in [7, 11) is 0. The Hall–Kier alpha value is -1.62. The standard InChI is InChI=1S/C12H14FNO3/c13-9-2-1-3-10(16)11(9)12(17)14-6-4-8(15)5-7-14/h1-3,8,15-16H,4-7H2. The maximum absolute atomic E-state index is 13.5. The molecule has 0 atom stereocenters. The molecule has 0 bridgehead atoms. The number of amides is 1. The highest BCUT2D eigenvalue weighted by molar-refractivity contribution is 5.97. The van der Waals surface area contributed by atoms with Gasteiger partial charge in [-0.2, -0.15) is 0 Å². The number of aliphatic hydroxyl groups excluding tert-OH is 1. The first kappa shape index (κ1) is 11.9. The van der Waals surface area contributed by atoms with Crippen LogP contribution in [-0.4, -0.2) is 40.2 Å². The van der Waals surface area contributed by atoms with E-state index in [1.165, 1.54) is 17.0 Å². The van der Waals surface area contributed by atoms with Crippen molar-refractivity contribution in [2.24, 2.45) is 0 Å². The van der Waals surface area contributed by atoms with Crippen LogP contribution in [0.3, 0.4) is 0 Å². The van der Waals surface area contributed by atoms with E-state index < -0.39 is 17.8 Å². The van der Waals surface area contributed by atoms with Gasteiger partial charge in [-0.05, 0) is 25.0 Å². The second-order valence-corrected chi connectivity index (χ2v) is 4.16. The molecule has 1 saturated heterocycles. The molecule has 0 unspecified atom stereocenters. The number of piperidine rings is 1. The molecule has 2 N–H and O–H groups in total. The van der Waals surface area contributed by atoms with Gasteiger partial charge in [-0.1, -0.05) is 6.07 Å². The Morgan fingerprint density at radius 2 is 2.00 bits per heavy atom. The summed E-state index contributed by atoms with van der Waals surface area (Å²) < 4.78 is 13.5. The minimum absolute atomic E-state index is 0.288. The molecule has 1 aromatic carbocycles. The number of phenols is 1. The summed E-state index contributed by atoms with van der Waals surface area (Å²) in [4.78, 5) is 13.4. The molecule has 17 heavy (non-hydrogen) atoms. The number of likely N-dealkylation sites (tertiary alicyclic amines) is 1. The first-order chi connectivity index (χ1) is 8.09. The number of nitrogens with zero attached hydrogens (tertiary/aromatic N) is 1. The third kappa shape index (κ3) is 2.39. The Morgan fingerprint density at radius 1 is 1.35 bits per heavy atom. The van der Waals surface area contributed by atoms with E-state index >= 15 is 0 Å². The zero-order chi connectivity index (χ0) is 12.4. The van der Waals surface area contributed by atoms with Crippen LogP contribution in [-0.2, 0) is 0 Å². The number of aliphatic hydroxyl groups is 1. The van der Waals surface area contributed by atoms with Gasteiger partial charge < -0.3 is 15.1 Å². The Bertz CT molecular complexity index is 408. The second kappa shape index (κ2) is 4.71. The van der Waals surface area contributed by atoms with Crippen molar-refractivity contribution in [2.45, 2.75) is 18.9 Å². The lowest BCUT2D eigenvalue weighted by atomic mass is 10.1. The van der Waals surface area contributed by atoms with Crippen LogP contribution in [0.5, 0.6) is 5.75 Å². The number of hydrogen-bond donors (Lipinski definition) is 2. The monoisotopic (exact) mass is 239 g/mol. The number of halogens is 1. The van der Waals surface area contributed by atoms with Crippen LogP contribution in [0.4, 0.5) is 4.39 Å². The summed E-state index contributed by atoms with van der Waals surface area (Å²) in [6, 6.07) is 3.78. The molecule has 92 valence electrons. The highest BCUT2D eigenvalue weighted by atomic mass is 19.1. The highest BCUT2D eigenvalue weighted by Crippen LogP contribution is 2.23. The van der Waals surface area contributed by atoms with Crippen molar-refractivity contribution in [3.63, 3.8) is 0 Å². The van der Waals surface area contributed by atoms with Gasteiger partial charge in [0.05, 0.1) is 6.10 Å². The molecule has 2 rings (SSSR count). The number of phenolic OH excluding ortho intramolecular Hbond substituents is 1. The number of rotatable bonds is 1. The van der Waals surface area contributed by atoms with E-state index in [0.717, 1.165) is 6.07 Å². The highest BCUT2D eigenvalue weighted by Gasteiger charge is 2.26. The summed E-state index contributed by atoms with van der Waals surface area (Å²) in [6.45, 7) is 0.765. The lowest BCUT2D eigenvalue weighted by Crippen LogP contribution is -2.40. The number of carbonyl (C=O) groups excluding carboxylic acids is 1. The topological polar surface area (TPSA) is 60.8 Å². The Kier molecular flexibility index (Phi) is 3.28. The van der Waals surface area contributed by atoms with E-state index in [-0.39, 0.29) is 11.3 Å². The molecular formula is C12H14FNO3. The van der Waals surface area contributed by atoms with E-state index in [1.54, 1.807) is 0 Å². The summed E-state index contributed by atoms with van der Waals surface area (Å²) in [5.74, 6) is -1.59. The minimum atomic E-state index is -0.721. The fourth-order valence-electron chi connectivity index (χ4n) is 1.95. The van der Waals surface area contributed by atoms with E-state index in [0.29, 0.717) is 25.9 Å². The van der Waals surface area contributed by atoms with Crippen molar-refractivity contribution in [3.05, 3.63) is 29.6 Å². The van der Waals surface area contributed by atoms with Crippen molar-refractivity contribution in [3.8, 4) is 5.75 Å². The molecule has 0 saturated carbocycles. The van der Waals surface area contributed by atoms with Crippen molar-refractivity contribution in [2.75, 3.05) is 13.1 Å². The van der Waals surface area contributed by atoms with Crippen LogP contribution in [0.1, 0.15) is 23.2 Å². The molecular weight excluding hydrogens is 225 g/mol. The normalized spacial score (nSPS) is 17.2. The Morgan fingerprint density at radius 3 is 2.59 bits per heavy atom. The average molecular weight is 239 g/mol. The van der Waals surface area contributed by atoms with Gasteiger partial charge in [0.25, 0.3) is 5.91 Å². The zero-order valence-corrected chi connectivity index (χ0v) is 9.27. The van der Waals surface area contributed by atoms with Gasteiger partial charge in [-0.15, -0.1) is 0 Å². The van der Waals surface area contributed by atoms with Crippen LogP contribution in [0.2, 0.25) is 0 Å². The maximum Gasteiger partial charge on any atom is 0.260 e. The average Bonchev–Trinajstić information content (AvgIpc) is 2.29. The lowest BCUT2D eigenvalue weighted by molar-refractivity contribution is 0.0540. The van der Waals surface area contributed by atoms with Gasteiger partial charge in [-0.3, -0.25) is 4.79 Å². The van der Waals surface area contributed by atoms with Crippen molar-refractivity contribution >= 4 is 5.91 Å². The quantitative estimate of drug-likeness (QED) is 0.772. The number of aromatic hydroxyl groups is 1. The van der Waals surface area contributed by atoms with E-state index in [4.69, 9.17) is 0 Å². The molecule has 0 spiro atoms. The Labute approximate surface area is 98.3 Å². The first-order valence-corrected chi connectivity index (χ1v) is 5.54. The maximum atomic E-state index is 13.5. The molecule has 5 heteroatoms. The molecule has 0 aromatic heterocycles. The summed E-state index contributed by atoms with van der Waals surface area (Å²) >= 11 is 0. The van der Waals surface area contributed by atoms with Crippen LogP contribution >= 0.6 is 0 Å². The van der Waals surface area contributed by atoms with Gasteiger partial charge >= 0.3 is 0 Å². The summed E-state index contributed by atoms with van der Waals surface area (Å²) in [6.07, 6.45) is 0.579. The zero-order valence-electron chi connectivity index (χ0n) is 9.27. The van der Waals surface area contributed by atoms with Crippen molar-refractivity contribution in [1.29, 1.82) is 0 Å². The summed E-state index contributed by atoms with van der Waals surface area (Å²) in [5.41, 5.74) is -0.288.